The predicted octanol–water partition coefficient (Wildman–Crippen LogP) is 2.83. The molecule has 0 radical (unpaired) electrons. The van der Waals surface area contributed by atoms with E-state index in [4.69, 9.17) is 4.74 Å². The minimum absolute atomic E-state index is 0.312. The minimum atomic E-state index is 0.312. The van der Waals surface area contributed by atoms with Crippen molar-refractivity contribution in [1.82, 2.24) is 5.32 Å². The Labute approximate surface area is 89.4 Å². The van der Waals surface area contributed by atoms with Gasteiger partial charge >= 0.3 is 0 Å². The van der Waals surface area contributed by atoms with E-state index in [1.807, 2.05) is 0 Å². The molecule has 0 bridgehead atoms. The molecular weight excluding hydrogens is 174 g/mol. The molecule has 0 rings (SSSR count). The largest absolute Gasteiger partial charge is 0.380 e. The minimum Gasteiger partial charge on any atom is -0.380 e. The highest BCUT2D eigenvalue weighted by Crippen LogP contribution is 2.17. The normalized spacial score (nSPS) is 15.9. The molecule has 0 heterocycles. The fourth-order valence-corrected chi connectivity index (χ4v) is 1.97. The Bertz CT molecular complexity index is 123. The topological polar surface area (TPSA) is 21.3 Å². The van der Waals surface area contributed by atoms with Crippen molar-refractivity contribution in [2.75, 3.05) is 13.7 Å². The predicted molar refractivity (Wildman–Crippen MR) is 62.6 cm³/mol. The molecule has 0 aromatic rings. The van der Waals surface area contributed by atoms with Crippen LogP contribution in [0.4, 0.5) is 0 Å². The van der Waals surface area contributed by atoms with E-state index in [-0.39, 0.29) is 0 Å². The maximum atomic E-state index is 5.43. The van der Waals surface area contributed by atoms with Gasteiger partial charge in [-0.25, -0.2) is 0 Å². The third kappa shape index (κ3) is 4.43. The van der Waals surface area contributed by atoms with Crippen molar-refractivity contribution < 1.29 is 4.74 Å². The molecule has 0 saturated carbocycles. The third-order valence-corrected chi connectivity index (χ3v) is 3.06. The second kappa shape index (κ2) is 8.25. The summed E-state index contributed by atoms with van der Waals surface area (Å²) < 4.78 is 5.43. The fourth-order valence-electron chi connectivity index (χ4n) is 1.97. The molecule has 0 saturated heterocycles. The lowest BCUT2D eigenvalue weighted by Gasteiger charge is -2.30. The van der Waals surface area contributed by atoms with Gasteiger partial charge in [-0.05, 0) is 25.8 Å². The van der Waals surface area contributed by atoms with Crippen LogP contribution in [0.2, 0.25) is 0 Å². The number of rotatable bonds is 8. The second-order valence-electron chi connectivity index (χ2n) is 4.00. The zero-order valence-corrected chi connectivity index (χ0v) is 10.5. The van der Waals surface area contributed by atoms with Crippen molar-refractivity contribution in [3.63, 3.8) is 0 Å². The highest BCUT2D eigenvalue weighted by atomic mass is 16.5. The van der Waals surface area contributed by atoms with Gasteiger partial charge in [0.1, 0.15) is 0 Å². The van der Waals surface area contributed by atoms with Gasteiger partial charge in [0.2, 0.25) is 0 Å². The molecule has 1 N–H and O–H groups in total. The van der Waals surface area contributed by atoms with E-state index in [1.54, 1.807) is 7.11 Å². The Balaban J connectivity index is 4.19. The summed E-state index contributed by atoms with van der Waals surface area (Å²) in [6, 6.07) is 0.509. The van der Waals surface area contributed by atoms with Gasteiger partial charge in [0.05, 0.1) is 6.10 Å². The van der Waals surface area contributed by atoms with Crippen molar-refractivity contribution in [1.29, 1.82) is 0 Å². The Morgan fingerprint density at radius 1 is 1.14 bits per heavy atom. The summed E-state index contributed by atoms with van der Waals surface area (Å²) in [7, 11) is 1.80. The van der Waals surface area contributed by atoms with Crippen LogP contribution in [-0.4, -0.2) is 25.8 Å². The van der Waals surface area contributed by atoms with Crippen LogP contribution in [-0.2, 0) is 4.74 Å². The summed E-state index contributed by atoms with van der Waals surface area (Å²) >= 11 is 0. The Morgan fingerprint density at radius 3 is 2.07 bits per heavy atom. The molecule has 14 heavy (non-hydrogen) atoms. The van der Waals surface area contributed by atoms with E-state index in [2.05, 4.69) is 33.0 Å². The maximum Gasteiger partial charge on any atom is 0.0698 e. The van der Waals surface area contributed by atoms with E-state index in [1.165, 1.54) is 19.3 Å². The lowest BCUT2D eigenvalue weighted by atomic mass is 9.90. The first-order valence-electron chi connectivity index (χ1n) is 5.97. The maximum absolute atomic E-state index is 5.43. The fraction of sp³-hybridized carbons (Fsp3) is 1.00. The molecule has 0 fully saturated rings. The Morgan fingerprint density at radius 2 is 1.71 bits per heavy atom. The van der Waals surface area contributed by atoms with E-state index in [9.17, 15) is 0 Å². The van der Waals surface area contributed by atoms with Crippen molar-refractivity contribution in [3.05, 3.63) is 0 Å². The quantitative estimate of drug-likeness (QED) is 0.652. The molecule has 0 aromatic heterocycles. The lowest BCUT2D eigenvalue weighted by Crippen LogP contribution is -2.45. The highest BCUT2D eigenvalue weighted by Gasteiger charge is 2.23. The van der Waals surface area contributed by atoms with Crippen molar-refractivity contribution in [3.8, 4) is 0 Å². The SMILES string of the molecule is CCCNC(C(CC)CC)C(C)OC. The summed E-state index contributed by atoms with van der Waals surface area (Å²) in [5.41, 5.74) is 0. The number of nitrogens with one attached hydrogen (secondary N) is 1. The van der Waals surface area contributed by atoms with Gasteiger partial charge in [0.25, 0.3) is 0 Å². The number of hydrogen-bond donors (Lipinski definition) is 1. The Hall–Kier alpha value is -0.0800. The van der Waals surface area contributed by atoms with Crippen LogP contribution >= 0.6 is 0 Å². The molecule has 2 heteroatoms. The van der Waals surface area contributed by atoms with Crippen molar-refractivity contribution in [2.24, 2.45) is 5.92 Å². The summed E-state index contributed by atoms with van der Waals surface area (Å²) in [6.45, 7) is 9.98. The molecule has 0 amide bonds. The molecule has 2 unspecified atom stereocenters. The van der Waals surface area contributed by atoms with E-state index in [0.717, 1.165) is 12.5 Å². The lowest BCUT2D eigenvalue weighted by molar-refractivity contribution is 0.0590. The van der Waals surface area contributed by atoms with Crippen molar-refractivity contribution >= 4 is 0 Å². The first-order chi connectivity index (χ1) is 6.71. The summed E-state index contributed by atoms with van der Waals surface area (Å²) in [6.07, 6.45) is 3.95. The second-order valence-corrected chi connectivity index (χ2v) is 4.00. The molecule has 86 valence electrons. The van der Waals surface area contributed by atoms with Crippen LogP contribution in [0.15, 0.2) is 0 Å². The molecular formula is C12H27NO. The van der Waals surface area contributed by atoms with Crippen LogP contribution in [0.1, 0.15) is 47.0 Å². The average molecular weight is 201 g/mol. The van der Waals surface area contributed by atoms with Gasteiger partial charge in [0, 0.05) is 13.2 Å². The van der Waals surface area contributed by atoms with Crippen LogP contribution in [0.5, 0.6) is 0 Å². The molecule has 0 aliphatic rings. The molecule has 0 aliphatic carbocycles. The zero-order valence-electron chi connectivity index (χ0n) is 10.5. The number of hydrogen-bond acceptors (Lipinski definition) is 2. The Kier molecular flexibility index (Phi) is 8.20. The molecule has 0 aliphatic heterocycles. The standard InChI is InChI=1S/C12H27NO/c1-6-9-13-12(10(4)14-5)11(7-2)8-3/h10-13H,6-9H2,1-5H3. The van der Waals surface area contributed by atoms with Gasteiger partial charge < -0.3 is 10.1 Å². The molecule has 0 aromatic carbocycles. The van der Waals surface area contributed by atoms with Gasteiger partial charge in [0.15, 0.2) is 0 Å². The highest BCUT2D eigenvalue weighted by molar-refractivity contribution is 4.80. The molecule has 2 nitrogen and oxygen atoms in total. The van der Waals surface area contributed by atoms with E-state index < -0.39 is 0 Å². The molecule has 2 atom stereocenters. The third-order valence-electron chi connectivity index (χ3n) is 3.06. The van der Waals surface area contributed by atoms with Crippen LogP contribution in [0, 0.1) is 5.92 Å². The number of methoxy groups -OCH3 is 1. The van der Waals surface area contributed by atoms with E-state index >= 15 is 0 Å². The van der Waals surface area contributed by atoms with Crippen LogP contribution in [0.3, 0.4) is 0 Å². The smallest absolute Gasteiger partial charge is 0.0698 e. The van der Waals surface area contributed by atoms with Crippen LogP contribution in [0.25, 0.3) is 0 Å². The summed E-state index contributed by atoms with van der Waals surface area (Å²) in [4.78, 5) is 0. The van der Waals surface area contributed by atoms with Gasteiger partial charge in [-0.1, -0.05) is 33.6 Å². The van der Waals surface area contributed by atoms with Gasteiger partial charge in [-0.3, -0.25) is 0 Å². The van der Waals surface area contributed by atoms with Gasteiger partial charge in [-0.15, -0.1) is 0 Å². The van der Waals surface area contributed by atoms with Crippen molar-refractivity contribution in [2.45, 2.75) is 59.1 Å². The average Bonchev–Trinajstić information content (AvgIpc) is 2.23. The molecule has 0 spiro atoms. The van der Waals surface area contributed by atoms with Gasteiger partial charge in [-0.2, -0.15) is 0 Å². The first-order valence-corrected chi connectivity index (χ1v) is 5.97. The first kappa shape index (κ1) is 13.9. The zero-order chi connectivity index (χ0) is 11.0. The summed E-state index contributed by atoms with van der Waals surface area (Å²) in [5.74, 6) is 0.733. The summed E-state index contributed by atoms with van der Waals surface area (Å²) in [5, 5.41) is 3.60. The number of ether oxygens (including phenoxy) is 1. The van der Waals surface area contributed by atoms with E-state index in [0.29, 0.717) is 12.1 Å². The monoisotopic (exact) mass is 201 g/mol. The van der Waals surface area contributed by atoms with Crippen LogP contribution < -0.4 is 5.32 Å².